The fourth-order valence-electron chi connectivity index (χ4n) is 3.36. The standard InChI is InChI=1S/C19H20N4O4S2/c1-3-22(12-18-20-19(21-27-18)17-5-4-10-28-17)29(25,26)15-6-7-16-14(11-15)8-9-23(16)13(2)24/h4-7,10-11H,3,8-9,12H2,1-2H3. The molecule has 0 fully saturated rings. The lowest BCUT2D eigenvalue weighted by molar-refractivity contribution is -0.116. The van der Waals surface area contributed by atoms with Crippen LogP contribution < -0.4 is 4.90 Å². The van der Waals surface area contributed by atoms with Crippen molar-refractivity contribution in [3.63, 3.8) is 0 Å². The number of fused-ring (bicyclic) bond motifs is 1. The van der Waals surface area contributed by atoms with Crippen molar-refractivity contribution in [3.05, 3.63) is 47.2 Å². The molecular formula is C19H20N4O4S2. The Morgan fingerprint density at radius 3 is 2.86 bits per heavy atom. The number of aromatic nitrogens is 2. The Bertz CT molecular complexity index is 1140. The fraction of sp³-hybridized carbons (Fsp3) is 0.316. The number of carbonyl (C=O) groups excluding carboxylic acids is 1. The number of carbonyl (C=O) groups is 1. The van der Waals surface area contributed by atoms with Gasteiger partial charge in [-0.1, -0.05) is 18.1 Å². The zero-order chi connectivity index (χ0) is 20.6. The highest BCUT2D eigenvalue weighted by molar-refractivity contribution is 7.89. The molecule has 1 amide bonds. The predicted molar refractivity (Wildman–Crippen MR) is 109 cm³/mol. The molecule has 0 bridgehead atoms. The minimum absolute atomic E-state index is 0.00609. The first-order valence-electron chi connectivity index (χ1n) is 9.17. The molecule has 152 valence electrons. The first-order chi connectivity index (χ1) is 13.9. The number of sulfonamides is 1. The summed E-state index contributed by atoms with van der Waals surface area (Å²) in [5, 5.41) is 5.85. The van der Waals surface area contributed by atoms with Crippen molar-refractivity contribution in [1.29, 1.82) is 0 Å². The first-order valence-corrected chi connectivity index (χ1v) is 11.5. The first kappa shape index (κ1) is 19.7. The van der Waals surface area contributed by atoms with Crippen LogP contribution in [0.1, 0.15) is 25.3 Å². The van der Waals surface area contributed by atoms with Gasteiger partial charge in [0.2, 0.25) is 27.6 Å². The summed E-state index contributed by atoms with van der Waals surface area (Å²) in [6.07, 6.45) is 0.637. The summed E-state index contributed by atoms with van der Waals surface area (Å²) in [6.45, 7) is 4.09. The average Bonchev–Trinajstić information content (AvgIpc) is 3.45. The van der Waals surface area contributed by atoms with E-state index in [0.717, 1.165) is 16.1 Å². The van der Waals surface area contributed by atoms with Crippen LogP contribution in [-0.2, 0) is 27.8 Å². The van der Waals surface area contributed by atoms with Gasteiger partial charge in [0.05, 0.1) is 16.3 Å². The average molecular weight is 433 g/mol. The molecule has 0 aliphatic carbocycles. The summed E-state index contributed by atoms with van der Waals surface area (Å²) in [7, 11) is -3.75. The summed E-state index contributed by atoms with van der Waals surface area (Å²) >= 11 is 1.49. The van der Waals surface area contributed by atoms with E-state index < -0.39 is 10.0 Å². The van der Waals surface area contributed by atoms with E-state index in [2.05, 4.69) is 10.1 Å². The van der Waals surface area contributed by atoms with Crippen molar-refractivity contribution in [1.82, 2.24) is 14.4 Å². The van der Waals surface area contributed by atoms with E-state index >= 15 is 0 Å². The molecule has 4 rings (SSSR count). The lowest BCUT2D eigenvalue weighted by Crippen LogP contribution is -2.30. The van der Waals surface area contributed by atoms with Gasteiger partial charge in [0.1, 0.15) is 0 Å². The van der Waals surface area contributed by atoms with Crippen LogP contribution in [0.5, 0.6) is 0 Å². The Morgan fingerprint density at radius 1 is 1.34 bits per heavy atom. The molecule has 0 radical (unpaired) electrons. The Kier molecular flexibility index (Phi) is 5.24. The molecule has 2 aromatic heterocycles. The minimum Gasteiger partial charge on any atom is -0.337 e. The molecular weight excluding hydrogens is 412 g/mol. The van der Waals surface area contributed by atoms with Gasteiger partial charge in [0.25, 0.3) is 0 Å². The van der Waals surface area contributed by atoms with Gasteiger partial charge in [-0.2, -0.15) is 9.29 Å². The summed E-state index contributed by atoms with van der Waals surface area (Å²) in [5.41, 5.74) is 1.63. The normalized spacial score (nSPS) is 13.8. The van der Waals surface area contributed by atoms with E-state index in [0.29, 0.717) is 18.8 Å². The molecule has 10 heteroatoms. The van der Waals surface area contributed by atoms with Gasteiger partial charge >= 0.3 is 0 Å². The van der Waals surface area contributed by atoms with E-state index in [9.17, 15) is 13.2 Å². The number of thiophene rings is 1. The topological polar surface area (TPSA) is 96.6 Å². The number of nitrogens with zero attached hydrogens (tertiary/aromatic N) is 4. The van der Waals surface area contributed by atoms with Crippen molar-refractivity contribution in [2.24, 2.45) is 0 Å². The molecule has 3 aromatic rings. The van der Waals surface area contributed by atoms with Crippen molar-refractivity contribution < 1.29 is 17.7 Å². The molecule has 0 atom stereocenters. The Morgan fingerprint density at radius 2 is 2.17 bits per heavy atom. The van der Waals surface area contributed by atoms with Gasteiger partial charge in [-0.05, 0) is 41.6 Å². The number of hydrogen-bond donors (Lipinski definition) is 0. The highest BCUT2D eigenvalue weighted by Crippen LogP contribution is 2.31. The van der Waals surface area contributed by atoms with Crippen LogP contribution in [-0.4, -0.2) is 41.9 Å². The quantitative estimate of drug-likeness (QED) is 0.594. The van der Waals surface area contributed by atoms with E-state index in [1.54, 1.807) is 30.0 Å². The van der Waals surface area contributed by atoms with Crippen molar-refractivity contribution >= 4 is 33.0 Å². The van der Waals surface area contributed by atoms with Gasteiger partial charge in [-0.25, -0.2) is 8.42 Å². The number of rotatable bonds is 6. The second-order valence-corrected chi connectivity index (χ2v) is 9.52. The zero-order valence-electron chi connectivity index (χ0n) is 16.0. The monoisotopic (exact) mass is 432 g/mol. The van der Waals surface area contributed by atoms with E-state index in [4.69, 9.17) is 4.52 Å². The molecule has 8 nitrogen and oxygen atoms in total. The summed E-state index contributed by atoms with van der Waals surface area (Å²) in [6, 6.07) is 8.67. The molecule has 0 N–H and O–H groups in total. The van der Waals surface area contributed by atoms with Crippen LogP contribution in [0.4, 0.5) is 5.69 Å². The number of benzene rings is 1. The molecule has 0 spiro atoms. The molecule has 29 heavy (non-hydrogen) atoms. The smallest absolute Gasteiger partial charge is 0.243 e. The maximum Gasteiger partial charge on any atom is 0.243 e. The van der Waals surface area contributed by atoms with E-state index in [1.165, 1.54) is 22.6 Å². The van der Waals surface area contributed by atoms with Crippen LogP contribution >= 0.6 is 11.3 Å². The third-order valence-electron chi connectivity index (χ3n) is 4.84. The molecule has 0 saturated heterocycles. The summed E-state index contributed by atoms with van der Waals surface area (Å²) < 4.78 is 32.9. The SMILES string of the molecule is CCN(Cc1nc(-c2cccs2)no1)S(=O)(=O)c1ccc2c(c1)CCN2C(C)=O. The maximum absolute atomic E-state index is 13.2. The highest BCUT2D eigenvalue weighted by Gasteiger charge is 2.29. The third kappa shape index (κ3) is 3.70. The van der Waals surface area contributed by atoms with Crippen LogP contribution in [0.3, 0.4) is 0 Å². The van der Waals surface area contributed by atoms with Gasteiger partial charge < -0.3 is 9.42 Å². The van der Waals surface area contributed by atoms with Crippen LogP contribution in [0, 0.1) is 0 Å². The third-order valence-corrected chi connectivity index (χ3v) is 7.62. The number of hydrogen-bond acceptors (Lipinski definition) is 7. The van der Waals surface area contributed by atoms with E-state index in [-0.39, 0.29) is 29.8 Å². The second-order valence-electron chi connectivity index (χ2n) is 6.63. The number of anilines is 1. The van der Waals surface area contributed by atoms with Gasteiger partial charge in [-0.3, -0.25) is 4.79 Å². The van der Waals surface area contributed by atoms with Crippen LogP contribution in [0.15, 0.2) is 45.1 Å². The Balaban J connectivity index is 1.58. The predicted octanol–water partition coefficient (Wildman–Crippen LogP) is 2.92. The second kappa shape index (κ2) is 7.69. The van der Waals surface area contributed by atoms with Gasteiger partial charge in [-0.15, -0.1) is 11.3 Å². The van der Waals surface area contributed by atoms with Gasteiger partial charge in [0, 0.05) is 25.7 Å². The lowest BCUT2D eigenvalue weighted by atomic mass is 10.2. The molecule has 1 aromatic carbocycles. The summed E-state index contributed by atoms with van der Waals surface area (Å²) in [5.74, 6) is 0.639. The molecule has 0 unspecified atom stereocenters. The van der Waals surface area contributed by atoms with Crippen LogP contribution in [0.2, 0.25) is 0 Å². The maximum atomic E-state index is 13.2. The van der Waals surface area contributed by atoms with Crippen LogP contribution in [0.25, 0.3) is 10.7 Å². The lowest BCUT2D eigenvalue weighted by Gasteiger charge is -2.20. The largest absolute Gasteiger partial charge is 0.337 e. The number of amides is 1. The zero-order valence-corrected chi connectivity index (χ0v) is 17.7. The van der Waals surface area contributed by atoms with Crippen molar-refractivity contribution in [3.8, 4) is 10.7 Å². The van der Waals surface area contributed by atoms with Crippen molar-refractivity contribution in [2.45, 2.75) is 31.7 Å². The summed E-state index contributed by atoms with van der Waals surface area (Å²) in [4.78, 5) is 18.7. The highest BCUT2D eigenvalue weighted by atomic mass is 32.2. The Hall–Kier alpha value is -2.56. The van der Waals surface area contributed by atoms with Crippen molar-refractivity contribution in [2.75, 3.05) is 18.0 Å². The molecule has 3 heterocycles. The molecule has 0 saturated carbocycles. The molecule has 1 aliphatic heterocycles. The fourth-order valence-corrected chi connectivity index (χ4v) is 5.46. The van der Waals surface area contributed by atoms with Gasteiger partial charge in [0.15, 0.2) is 0 Å². The minimum atomic E-state index is -3.75. The Labute approximate surface area is 172 Å². The van der Waals surface area contributed by atoms with E-state index in [1.807, 2.05) is 17.5 Å². The molecule has 1 aliphatic rings.